The van der Waals surface area contributed by atoms with E-state index in [-0.39, 0.29) is 11.4 Å². The van der Waals surface area contributed by atoms with Gasteiger partial charge in [0.2, 0.25) is 0 Å². The number of nitrogens with two attached hydrogens (primary N) is 1. The van der Waals surface area contributed by atoms with Gasteiger partial charge in [0.15, 0.2) is 0 Å². The third-order valence-corrected chi connectivity index (χ3v) is 3.14. The third-order valence-electron chi connectivity index (χ3n) is 2.94. The number of nitrogens with zero attached hydrogens (tertiary/aromatic N) is 1. The number of carbonyl (C=O) groups is 1. The molecule has 0 saturated heterocycles. The molecule has 2 N–H and O–H groups in total. The van der Waals surface area contributed by atoms with E-state index in [1.165, 1.54) is 0 Å². The quantitative estimate of drug-likeness (QED) is 0.861. The predicted molar refractivity (Wildman–Crippen MR) is 83.4 cm³/mol. The van der Waals surface area contributed by atoms with Crippen LogP contribution in [0.4, 0.5) is 0 Å². The minimum atomic E-state index is -0.257. The lowest BCUT2D eigenvalue weighted by atomic mass is 10.0. The van der Waals surface area contributed by atoms with Crippen molar-refractivity contribution in [1.29, 1.82) is 0 Å². The average molecular weight is 278 g/mol. The van der Waals surface area contributed by atoms with Crippen LogP contribution in [0.25, 0.3) is 0 Å². The van der Waals surface area contributed by atoms with Crippen LogP contribution >= 0.6 is 12.2 Å². The van der Waals surface area contributed by atoms with Crippen LogP contribution in [0.2, 0.25) is 0 Å². The Labute approximate surface area is 120 Å². The van der Waals surface area contributed by atoms with Crippen LogP contribution in [-0.4, -0.2) is 27.9 Å². The Bertz CT molecular complexity index is 460. The van der Waals surface area contributed by atoms with Crippen LogP contribution in [0.5, 0.6) is 0 Å². The summed E-state index contributed by atoms with van der Waals surface area (Å²) in [6, 6.07) is 7.61. The van der Waals surface area contributed by atoms with Gasteiger partial charge >= 0.3 is 0 Å². The summed E-state index contributed by atoms with van der Waals surface area (Å²) in [6.07, 6.45) is 0.546. The summed E-state index contributed by atoms with van der Waals surface area (Å²) < 4.78 is 0. The number of amides is 1. The Kier molecular flexibility index (Phi) is 5.06. The van der Waals surface area contributed by atoms with E-state index in [2.05, 4.69) is 0 Å². The van der Waals surface area contributed by atoms with Gasteiger partial charge < -0.3 is 10.6 Å². The molecule has 0 unspecified atom stereocenters. The van der Waals surface area contributed by atoms with Gasteiger partial charge in [-0.05, 0) is 39.8 Å². The minimum Gasteiger partial charge on any atom is -0.393 e. The Morgan fingerprint density at radius 1 is 1.26 bits per heavy atom. The Hall–Kier alpha value is -1.42. The zero-order chi connectivity index (χ0) is 14.6. The van der Waals surface area contributed by atoms with Gasteiger partial charge in [0.25, 0.3) is 5.91 Å². The first-order valence-corrected chi connectivity index (χ1v) is 6.79. The summed E-state index contributed by atoms with van der Waals surface area (Å²) in [7, 11) is 0. The monoisotopic (exact) mass is 278 g/mol. The van der Waals surface area contributed by atoms with E-state index in [4.69, 9.17) is 18.0 Å². The van der Waals surface area contributed by atoms with Crippen molar-refractivity contribution in [3.63, 3.8) is 0 Å². The normalized spacial score (nSPS) is 11.2. The van der Waals surface area contributed by atoms with Gasteiger partial charge in [0, 0.05) is 24.1 Å². The van der Waals surface area contributed by atoms with Crippen LogP contribution in [0.1, 0.15) is 43.1 Å². The van der Waals surface area contributed by atoms with Gasteiger partial charge in [-0.3, -0.25) is 4.79 Å². The first kappa shape index (κ1) is 15.6. The first-order chi connectivity index (χ1) is 8.71. The van der Waals surface area contributed by atoms with Crippen molar-refractivity contribution in [2.45, 2.75) is 39.7 Å². The number of hydrogen-bond donors (Lipinski definition) is 1. The highest BCUT2D eigenvalue weighted by Gasteiger charge is 2.26. The minimum absolute atomic E-state index is 0.0174. The van der Waals surface area contributed by atoms with E-state index >= 15 is 0 Å². The molecule has 3 nitrogen and oxygen atoms in total. The summed E-state index contributed by atoms with van der Waals surface area (Å²) in [5, 5.41) is 0. The lowest BCUT2D eigenvalue weighted by Gasteiger charge is -2.36. The maximum atomic E-state index is 12.6. The van der Waals surface area contributed by atoms with Crippen LogP contribution in [-0.2, 0) is 0 Å². The molecule has 1 amide bonds. The van der Waals surface area contributed by atoms with Crippen molar-refractivity contribution in [2.75, 3.05) is 6.54 Å². The zero-order valence-electron chi connectivity index (χ0n) is 12.1. The summed E-state index contributed by atoms with van der Waals surface area (Å²) in [5.41, 5.74) is 7.12. The molecule has 0 bridgehead atoms. The molecule has 0 atom stereocenters. The summed E-state index contributed by atoms with van der Waals surface area (Å²) >= 11 is 4.90. The van der Waals surface area contributed by atoms with Crippen LogP contribution in [0.15, 0.2) is 24.3 Å². The molecule has 0 aliphatic heterocycles. The second-order valence-electron chi connectivity index (χ2n) is 5.71. The average Bonchev–Trinajstić information content (AvgIpc) is 2.27. The van der Waals surface area contributed by atoms with Crippen molar-refractivity contribution in [2.24, 2.45) is 5.73 Å². The SMILES string of the molecule is Cc1ccc(C(=O)N(CCC(N)=S)C(C)(C)C)cc1. The molecule has 0 fully saturated rings. The Morgan fingerprint density at radius 2 is 1.79 bits per heavy atom. The van der Waals surface area contributed by atoms with E-state index < -0.39 is 0 Å². The van der Waals surface area contributed by atoms with Crippen molar-refractivity contribution in [3.8, 4) is 0 Å². The number of benzene rings is 1. The summed E-state index contributed by atoms with van der Waals surface area (Å²) in [6.45, 7) is 8.59. The molecule has 0 spiro atoms. The van der Waals surface area contributed by atoms with E-state index in [0.29, 0.717) is 23.5 Å². The fourth-order valence-electron chi connectivity index (χ4n) is 1.82. The lowest BCUT2D eigenvalue weighted by molar-refractivity contribution is 0.0591. The zero-order valence-corrected chi connectivity index (χ0v) is 12.9. The van der Waals surface area contributed by atoms with Gasteiger partial charge in [-0.15, -0.1) is 0 Å². The van der Waals surface area contributed by atoms with E-state index in [0.717, 1.165) is 5.56 Å². The molecule has 1 aromatic carbocycles. The molecule has 4 heteroatoms. The molecule has 1 aromatic rings. The van der Waals surface area contributed by atoms with E-state index in [1.54, 1.807) is 0 Å². The van der Waals surface area contributed by atoms with Crippen molar-refractivity contribution >= 4 is 23.1 Å². The van der Waals surface area contributed by atoms with Gasteiger partial charge in [0.1, 0.15) is 0 Å². The predicted octanol–water partition coefficient (Wildman–Crippen LogP) is 2.91. The fourth-order valence-corrected chi connectivity index (χ4v) is 1.91. The second kappa shape index (κ2) is 6.15. The lowest BCUT2D eigenvalue weighted by Crippen LogP contribution is -2.46. The molecule has 0 aliphatic rings. The molecule has 0 aromatic heterocycles. The molecule has 0 aliphatic carbocycles. The highest BCUT2D eigenvalue weighted by atomic mass is 32.1. The molecular weight excluding hydrogens is 256 g/mol. The summed E-state index contributed by atoms with van der Waals surface area (Å²) in [5.74, 6) is 0.0174. The van der Waals surface area contributed by atoms with E-state index in [1.807, 2.05) is 56.9 Å². The Morgan fingerprint density at radius 3 is 2.21 bits per heavy atom. The first-order valence-electron chi connectivity index (χ1n) is 6.39. The number of carbonyl (C=O) groups excluding carboxylic acids is 1. The third kappa shape index (κ3) is 4.63. The number of hydrogen-bond acceptors (Lipinski definition) is 2. The largest absolute Gasteiger partial charge is 0.393 e. The highest BCUT2D eigenvalue weighted by Crippen LogP contribution is 2.18. The van der Waals surface area contributed by atoms with Crippen LogP contribution < -0.4 is 5.73 Å². The van der Waals surface area contributed by atoms with Crippen molar-refractivity contribution in [3.05, 3.63) is 35.4 Å². The number of rotatable bonds is 4. The fraction of sp³-hybridized carbons (Fsp3) is 0.467. The Balaban J connectivity index is 2.94. The summed E-state index contributed by atoms with van der Waals surface area (Å²) in [4.78, 5) is 14.8. The van der Waals surface area contributed by atoms with Gasteiger partial charge in [-0.1, -0.05) is 29.9 Å². The standard InChI is InChI=1S/C15H22N2OS/c1-11-5-7-12(8-6-11)14(18)17(15(2,3)4)10-9-13(16)19/h5-8H,9-10H2,1-4H3,(H2,16,19). The van der Waals surface area contributed by atoms with Crippen LogP contribution in [0.3, 0.4) is 0 Å². The second-order valence-corrected chi connectivity index (χ2v) is 6.23. The molecule has 0 saturated carbocycles. The molecule has 0 radical (unpaired) electrons. The van der Waals surface area contributed by atoms with Crippen molar-refractivity contribution < 1.29 is 4.79 Å². The number of aryl methyl sites for hydroxylation is 1. The molecular formula is C15H22N2OS. The molecule has 1 rings (SSSR count). The van der Waals surface area contributed by atoms with Gasteiger partial charge in [0.05, 0.1) is 4.99 Å². The van der Waals surface area contributed by atoms with Crippen molar-refractivity contribution in [1.82, 2.24) is 4.90 Å². The molecule has 0 heterocycles. The maximum Gasteiger partial charge on any atom is 0.254 e. The molecule has 19 heavy (non-hydrogen) atoms. The van der Waals surface area contributed by atoms with Gasteiger partial charge in [-0.2, -0.15) is 0 Å². The van der Waals surface area contributed by atoms with E-state index in [9.17, 15) is 4.79 Å². The number of thiocarbonyl (C=S) groups is 1. The highest BCUT2D eigenvalue weighted by molar-refractivity contribution is 7.80. The van der Waals surface area contributed by atoms with Crippen LogP contribution in [0, 0.1) is 6.92 Å². The topological polar surface area (TPSA) is 46.3 Å². The smallest absolute Gasteiger partial charge is 0.254 e. The maximum absolute atomic E-state index is 12.6. The molecule has 104 valence electrons. The van der Waals surface area contributed by atoms with Gasteiger partial charge in [-0.25, -0.2) is 0 Å².